The van der Waals surface area contributed by atoms with E-state index in [0.29, 0.717) is 0 Å². The van der Waals surface area contributed by atoms with Crippen molar-refractivity contribution in [2.45, 2.75) is 20.4 Å². The Hall–Kier alpha value is -1.60. The number of benzene rings is 2. The lowest BCUT2D eigenvalue weighted by Crippen LogP contribution is -2.04. The molecule has 0 saturated carbocycles. The number of nitrogens with one attached hydrogen (secondary N) is 1. The van der Waals surface area contributed by atoms with E-state index in [2.05, 4.69) is 61.6 Å². The van der Waals surface area contributed by atoms with Crippen molar-refractivity contribution in [3.8, 4) is 11.1 Å². The third kappa shape index (κ3) is 2.95. The van der Waals surface area contributed by atoms with Gasteiger partial charge >= 0.3 is 0 Å². The summed E-state index contributed by atoms with van der Waals surface area (Å²) in [7, 11) is 1.97. The summed E-state index contributed by atoms with van der Waals surface area (Å²) in [5.74, 6) is 0. The Morgan fingerprint density at radius 2 is 1.41 bits per heavy atom. The van der Waals surface area contributed by atoms with Crippen LogP contribution in [0.4, 0.5) is 0 Å². The number of hydrogen-bond acceptors (Lipinski definition) is 1. The fourth-order valence-electron chi connectivity index (χ4n) is 2.16. The molecule has 0 heterocycles. The predicted molar refractivity (Wildman–Crippen MR) is 74.1 cm³/mol. The smallest absolute Gasteiger partial charge is 0.0202 e. The molecule has 0 aliphatic heterocycles. The van der Waals surface area contributed by atoms with Crippen molar-refractivity contribution in [2.24, 2.45) is 0 Å². The van der Waals surface area contributed by atoms with E-state index >= 15 is 0 Å². The zero-order chi connectivity index (χ0) is 12.3. The van der Waals surface area contributed by atoms with Crippen LogP contribution in [0.3, 0.4) is 0 Å². The van der Waals surface area contributed by atoms with Gasteiger partial charge < -0.3 is 5.32 Å². The van der Waals surface area contributed by atoms with Crippen LogP contribution in [-0.2, 0) is 6.54 Å². The van der Waals surface area contributed by atoms with Gasteiger partial charge in [0.2, 0.25) is 0 Å². The largest absolute Gasteiger partial charge is 0.316 e. The van der Waals surface area contributed by atoms with E-state index in [0.717, 1.165) is 6.54 Å². The molecule has 0 fully saturated rings. The van der Waals surface area contributed by atoms with Gasteiger partial charge in [-0.1, -0.05) is 53.6 Å². The third-order valence-electron chi connectivity index (χ3n) is 2.89. The van der Waals surface area contributed by atoms with Gasteiger partial charge in [-0.25, -0.2) is 0 Å². The molecule has 1 N–H and O–H groups in total. The first kappa shape index (κ1) is 11.9. The molecule has 0 radical (unpaired) electrons. The van der Waals surface area contributed by atoms with E-state index in [4.69, 9.17) is 0 Å². The van der Waals surface area contributed by atoms with E-state index in [1.54, 1.807) is 0 Å². The summed E-state index contributed by atoms with van der Waals surface area (Å²) in [6, 6.07) is 15.4. The van der Waals surface area contributed by atoms with Crippen molar-refractivity contribution < 1.29 is 0 Å². The molecule has 0 aliphatic rings. The Morgan fingerprint density at radius 3 is 1.94 bits per heavy atom. The minimum Gasteiger partial charge on any atom is -0.316 e. The molecule has 0 amide bonds. The summed E-state index contributed by atoms with van der Waals surface area (Å²) >= 11 is 0. The van der Waals surface area contributed by atoms with Crippen molar-refractivity contribution in [3.05, 3.63) is 59.2 Å². The number of hydrogen-bond donors (Lipinski definition) is 1. The molecule has 1 heteroatoms. The van der Waals surface area contributed by atoms with Crippen LogP contribution in [0.5, 0.6) is 0 Å². The van der Waals surface area contributed by atoms with Gasteiger partial charge in [-0.2, -0.15) is 0 Å². The van der Waals surface area contributed by atoms with E-state index in [9.17, 15) is 0 Å². The predicted octanol–water partition coefficient (Wildman–Crippen LogP) is 3.69. The molecule has 0 aromatic heterocycles. The summed E-state index contributed by atoms with van der Waals surface area (Å²) in [4.78, 5) is 0. The highest BCUT2D eigenvalue weighted by molar-refractivity contribution is 5.65. The van der Waals surface area contributed by atoms with Crippen LogP contribution in [0.1, 0.15) is 16.7 Å². The van der Waals surface area contributed by atoms with Gasteiger partial charge in [0.1, 0.15) is 0 Å². The summed E-state index contributed by atoms with van der Waals surface area (Å²) in [6.45, 7) is 5.21. The first-order valence-corrected chi connectivity index (χ1v) is 6.01. The summed E-state index contributed by atoms with van der Waals surface area (Å²) in [5, 5.41) is 3.16. The highest BCUT2D eigenvalue weighted by Crippen LogP contribution is 2.22. The van der Waals surface area contributed by atoms with Crippen molar-refractivity contribution >= 4 is 0 Å². The lowest BCUT2D eigenvalue weighted by atomic mass is 10.00. The van der Waals surface area contributed by atoms with Crippen molar-refractivity contribution in [3.63, 3.8) is 0 Å². The van der Waals surface area contributed by atoms with E-state index in [-0.39, 0.29) is 0 Å². The van der Waals surface area contributed by atoms with Crippen LogP contribution in [0.2, 0.25) is 0 Å². The molecule has 2 aromatic carbocycles. The average Bonchev–Trinajstić information content (AvgIpc) is 2.29. The zero-order valence-electron chi connectivity index (χ0n) is 10.7. The third-order valence-corrected chi connectivity index (χ3v) is 2.89. The molecule has 0 saturated heterocycles. The molecule has 0 spiro atoms. The lowest BCUT2D eigenvalue weighted by molar-refractivity contribution is 0.818. The standard InChI is InChI=1S/C16H19N/c1-12-8-13(2)10-16(9-12)15-6-4-14(5-7-15)11-17-3/h4-10,17H,11H2,1-3H3. The molecule has 2 rings (SSSR count). The quantitative estimate of drug-likeness (QED) is 0.840. The molecule has 0 aliphatic carbocycles. The van der Waals surface area contributed by atoms with Crippen molar-refractivity contribution in [1.29, 1.82) is 0 Å². The van der Waals surface area contributed by atoms with Crippen LogP contribution in [-0.4, -0.2) is 7.05 Å². The van der Waals surface area contributed by atoms with Crippen LogP contribution in [0.25, 0.3) is 11.1 Å². The maximum Gasteiger partial charge on any atom is 0.0202 e. The molecule has 0 atom stereocenters. The maximum atomic E-state index is 3.16. The second-order valence-corrected chi connectivity index (χ2v) is 4.60. The van der Waals surface area contributed by atoms with E-state index in [1.807, 2.05) is 7.05 Å². The van der Waals surface area contributed by atoms with Crippen LogP contribution < -0.4 is 5.32 Å². The molecular weight excluding hydrogens is 206 g/mol. The zero-order valence-corrected chi connectivity index (χ0v) is 10.7. The highest BCUT2D eigenvalue weighted by Gasteiger charge is 1.99. The minimum atomic E-state index is 0.924. The Balaban J connectivity index is 2.32. The average molecular weight is 225 g/mol. The molecule has 1 nitrogen and oxygen atoms in total. The summed E-state index contributed by atoms with van der Waals surface area (Å²) in [6.07, 6.45) is 0. The topological polar surface area (TPSA) is 12.0 Å². The van der Waals surface area contributed by atoms with Crippen molar-refractivity contribution in [1.82, 2.24) is 5.32 Å². The Bertz CT molecular complexity index is 477. The normalized spacial score (nSPS) is 10.5. The first-order chi connectivity index (χ1) is 8.19. The number of rotatable bonds is 3. The maximum absolute atomic E-state index is 3.16. The van der Waals surface area contributed by atoms with Gasteiger partial charge in [-0.05, 0) is 37.6 Å². The summed E-state index contributed by atoms with van der Waals surface area (Å²) in [5.41, 5.74) is 6.55. The Labute approximate surface area is 103 Å². The van der Waals surface area contributed by atoms with Gasteiger partial charge in [0.05, 0.1) is 0 Å². The second-order valence-electron chi connectivity index (χ2n) is 4.60. The highest BCUT2D eigenvalue weighted by atomic mass is 14.8. The minimum absolute atomic E-state index is 0.924. The van der Waals surface area contributed by atoms with Crippen LogP contribution in [0, 0.1) is 13.8 Å². The van der Waals surface area contributed by atoms with Gasteiger partial charge in [0.15, 0.2) is 0 Å². The molecule has 88 valence electrons. The van der Waals surface area contributed by atoms with Gasteiger partial charge in [0, 0.05) is 6.54 Å². The second kappa shape index (κ2) is 5.15. The monoisotopic (exact) mass is 225 g/mol. The molecule has 0 bridgehead atoms. The fraction of sp³-hybridized carbons (Fsp3) is 0.250. The molecule has 17 heavy (non-hydrogen) atoms. The van der Waals surface area contributed by atoms with Crippen LogP contribution >= 0.6 is 0 Å². The Kier molecular flexibility index (Phi) is 3.60. The van der Waals surface area contributed by atoms with Gasteiger partial charge in [0.25, 0.3) is 0 Å². The van der Waals surface area contributed by atoms with Gasteiger partial charge in [-0.3, -0.25) is 0 Å². The van der Waals surface area contributed by atoms with E-state index in [1.165, 1.54) is 27.8 Å². The molecular formula is C16H19N. The Morgan fingerprint density at radius 1 is 0.824 bits per heavy atom. The van der Waals surface area contributed by atoms with Crippen molar-refractivity contribution in [2.75, 3.05) is 7.05 Å². The molecule has 2 aromatic rings. The number of aryl methyl sites for hydroxylation is 2. The first-order valence-electron chi connectivity index (χ1n) is 6.01. The van der Waals surface area contributed by atoms with Gasteiger partial charge in [-0.15, -0.1) is 0 Å². The van der Waals surface area contributed by atoms with Crippen LogP contribution in [0.15, 0.2) is 42.5 Å². The molecule has 0 unspecified atom stereocenters. The van der Waals surface area contributed by atoms with E-state index < -0.39 is 0 Å². The lowest BCUT2D eigenvalue weighted by Gasteiger charge is -2.06. The fourth-order valence-corrected chi connectivity index (χ4v) is 2.16. The SMILES string of the molecule is CNCc1ccc(-c2cc(C)cc(C)c2)cc1. The summed E-state index contributed by atoms with van der Waals surface area (Å²) < 4.78 is 0.